The number of hydrogen-bond acceptors (Lipinski definition) is 2. The van der Waals surface area contributed by atoms with Crippen LogP contribution in [0.3, 0.4) is 0 Å². The summed E-state index contributed by atoms with van der Waals surface area (Å²) in [5.41, 5.74) is -0.984. The smallest absolute Gasteiger partial charge is 0.403 e. The number of hydrogen-bond donors (Lipinski definition) is 0. The van der Waals surface area contributed by atoms with Crippen LogP contribution in [0.4, 0.5) is 0 Å². The van der Waals surface area contributed by atoms with Crippen molar-refractivity contribution in [1.29, 1.82) is 0 Å². The quantitative estimate of drug-likeness (QED) is 0.467. The molecule has 0 aromatic carbocycles. The Balaban J connectivity index is 2.88. The van der Waals surface area contributed by atoms with E-state index in [0.29, 0.717) is 0 Å². The van der Waals surface area contributed by atoms with Gasteiger partial charge in [-0.1, -0.05) is 6.08 Å². The van der Waals surface area contributed by atoms with Crippen LogP contribution in [0.15, 0.2) is 12.7 Å². The van der Waals surface area contributed by atoms with Gasteiger partial charge in [0.05, 0.1) is 11.2 Å². The lowest BCUT2D eigenvalue weighted by molar-refractivity contribution is 0.00578. The van der Waals surface area contributed by atoms with E-state index in [2.05, 4.69) is 6.58 Å². The molecule has 0 saturated carbocycles. The first-order chi connectivity index (χ1) is 6.12. The molecule has 0 bridgehead atoms. The molecular weight excluding hydrogens is 151 g/mol. The zero-order valence-corrected chi connectivity index (χ0v) is 8.18. The van der Waals surface area contributed by atoms with Gasteiger partial charge < -0.3 is 9.31 Å². The van der Waals surface area contributed by atoms with Crippen molar-refractivity contribution in [2.75, 3.05) is 0 Å². The molecule has 0 unspecified atom stereocenters. The molecule has 0 radical (unpaired) electrons. The molecule has 1 rings (SSSR count). The monoisotopic (exact) mass is 170 g/mol. The standard InChI is InChI=1S/C9H17BO2/c1-6-7-10-11-8(2,3)9(4,5)12-10/h6H,1,7H2,2-5H3/i7D2. The minimum atomic E-state index is -1.65. The first kappa shape index (κ1) is 7.16. The summed E-state index contributed by atoms with van der Waals surface area (Å²) in [4.78, 5) is 0. The van der Waals surface area contributed by atoms with Crippen LogP contribution in [0, 0.1) is 0 Å². The van der Waals surface area contributed by atoms with Gasteiger partial charge in [0.25, 0.3) is 0 Å². The van der Waals surface area contributed by atoms with Crippen LogP contribution >= 0.6 is 0 Å². The molecule has 0 aromatic rings. The molecule has 3 heteroatoms. The fourth-order valence-corrected chi connectivity index (χ4v) is 1.01. The zero-order chi connectivity index (χ0) is 11.2. The second-order valence-electron chi connectivity index (χ2n) is 3.96. The summed E-state index contributed by atoms with van der Waals surface area (Å²) in [5, 5.41) is 0. The number of allylic oxidation sites excluding steroid dienone is 1. The van der Waals surface area contributed by atoms with Crippen molar-refractivity contribution in [3.05, 3.63) is 12.7 Å². The summed E-state index contributed by atoms with van der Waals surface area (Å²) in [6.45, 7) is 11.0. The first-order valence-electron chi connectivity index (χ1n) is 5.12. The summed E-state index contributed by atoms with van der Waals surface area (Å²) < 4.78 is 26.4. The molecule has 2 nitrogen and oxygen atoms in total. The van der Waals surface area contributed by atoms with E-state index in [-0.39, 0.29) is 0 Å². The lowest BCUT2D eigenvalue weighted by Crippen LogP contribution is -2.41. The van der Waals surface area contributed by atoms with E-state index in [1.807, 2.05) is 27.7 Å². The van der Waals surface area contributed by atoms with Gasteiger partial charge >= 0.3 is 7.12 Å². The highest BCUT2D eigenvalue weighted by atomic mass is 16.7. The van der Waals surface area contributed by atoms with Crippen molar-refractivity contribution >= 4 is 7.12 Å². The van der Waals surface area contributed by atoms with Gasteiger partial charge in [-0.15, -0.1) is 6.58 Å². The lowest BCUT2D eigenvalue weighted by Gasteiger charge is -2.32. The second kappa shape index (κ2) is 2.89. The minimum Gasteiger partial charge on any atom is -0.403 e. The van der Waals surface area contributed by atoms with Crippen molar-refractivity contribution < 1.29 is 12.1 Å². The third kappa shape index (κ3) is 1.57. The van der Waals surface area contributed by atoms with Crippen molar-refractivity contribution in [2.45, 2.75) is 45.2 Å². The van der Waals surface area contributed by atoms with Gasteiger partial charge in [0.2, 0.25) is 0 Å². The van der Waals surface area contributed by atoms with E-state index in [0.717, 1.165) is 0 Å². The van der Waals surface area contributed by atoms with Gasteiger partial charge in [0.1, 0.15) is 0 Å². The SMILES string of the molecule is [2H]C([2H])(C=C)B1OC(C)(C)C(C)(C)O1. The topological polar surface area (TPSA) is 18.5 Å². The van der Waals surface area contributed by atoms with Gasteiger partial charge in [-0.25, -0.2) is 0 Å². The molecule has 0 aromatic heterocycles. The maximum Gasteiger partial charge on any atom is 0.461 e. The molecule has 0 N–H and O–H groups in total. The van der Waals surface area contributed by atoms with E-state index in [9.17, 15) is 0 Å². The van der Waals surface area contributed by atoms with Crippen molar-refractivity contribution in [3.8, 4) is 0 Å². The highest BCUT2D eigenvalue weighted by molar-refractivity contribution is 6.46. The predicted molar refractivity (Wildman–Crippen MR) is 51.1 cm³/mol. The van der Waals surface area contributed by atoms with Crippen molar-refractivity contribution in [2.24, 2.45) is 0 Å². The highest BCUT2D eigenvalue weighted by Gasteiger charge is 2.50. The second-order valence-corrected chi connectivity index (χ2v) is 3.96. The Morgan fingerprint density at radius 1 is 1.33 bits per heavy atom. The van der Waals surface area contributed by atoms with Crippen LogP contribution in [-0.4, -0.2) is 18.3 Å². The molecule has 1 heterocycles. The van der Waals surface area contributed by atoms with E-state index >= 15 is 0 Å². The Hall–Kier alpha value is -0.275. The maximum absolute atomic E-state index is 7.62. The first-order valence-corrected chi connectivity index (χ1v) is 4.12. The highest BCUT2D eigenvalue weighted by Crippen LogP contribution is 2.37. The molecule has 1 aliphatic heterocycles. The van der Waals surface area contributed by atoms with Gasteiger partial charge in [0, 0.05) is 9.01 Å². The van der Waals surface area contributed by atoms with Gasteiger partial charge in [-0.3, -0.25) is 0 Å². The molecule has 0 atom stereocenters. The van der Waals surface area contributed by atoms with Gasteiger partial charge in [0.15, 0.2) is 0 Å². The molecular formula is C9H17BO2. The summed E-state index contributed by atoms with van der Waals surface area (Å²) in [6.07, 6.45) is -0.430. The molecule has 0 aliphatic carbocycles. The lowest BCUT2D eigenvalue weighted by atomic mass is 9.85. The molecule has 1 aliphatic rings. The van der Waals surface area contributed by atoms with Crippen LogP contribution in [0.5, 0.6) is 0 Å². The summed E-state index contributed by atoms with van der Waals surface area (Å²) in [6, 6.07) is 0. The predicted octanol–water partition coefficient (Wildman–Crippen LogP) is 2.26. The zero-order valence-electron chi connectivity index (χ0n) is 10.2. The third-order valence-electron chi connectivity index (χ3n) is 2.51. The summed E-state index contributed by atoms with van der Waals surface area (Å²) in [5.74, 6) is 0. The average Bonchev–Trinajstić information content (AvgIpc) is 2.22. The molecule has 1 fully saturated rings. The van der Waals surface area contributed by atoms with E-state index in [1.54, 1.807) is 0 Å². The Morgan fingerprint density at radius 2 is 1.75 bits per heavy atom. The summed E-state index contributed by atoms with van der Waals surface area (Å²) in [7, 11) is -0.870. The van der Waals surface area contributed by atoms with Crippen molar-refractivity contribution in [1.82, 2.24) is 0 Å². The minimum absolute atomic E-state index is 0.492. The molecule has 0 amide bonds. The third-order valence-corrected chi connectivity index (χ3v) is 2.51. The molecule has 68 valence electrons. The Kier molecular flexibility index (Phi) is 1.73. The normalized spacial score (nSPS) is 29.5. The van der Waals surface area contributed by atoms with E-state index in [4.69, 9.17) is 12.1 Å². The fourth-order valence-electron chi connectivity index (χ4n) is 1.01. The van der Waals surface area contributed by atoms with Crippen molar-refractivity contribution in [3.63, 3.8) is 0 Å². The van der Waals surface area contributed by atoms with Gasteiger partial charge in [-0.2, -0.15) is 0 Å². The fraction of sp³-hybridized carbons (Fsp3) is 0.778. The van der Waals surface area contributed by atoms with Gasteiger partial charge in [-0.05, 0) is 27.7 Å². The van der Waals surface area contributed by atoms with Crippen LogP contribution in [-0.2, 0) is 9.31 Å². The van der Waals surface area contributed by atoms with E-state index in [1.165, 1.54) is 6.08 Å². The van der Waals surface area contributed by atoms with Crippen LogP contribution in [0.25, 0.3) is 0 Å². The number of rotatable bonds is 2. The molecule has 0 spiro atoms. The molecule has 12 heavy (non-hydrogen) atoms. The average molecular weight is 170 g/mol. The van der Waals surface area contributed by atoms with Crippen LogP contribution in [0.1, 0.15) is 30.4 Å². The van der Waals surface area contributed by atoms with Crippen LogP contribution < -0.4 is 0 Å². The molecule has 1 saturated heterocycles. The van der Waals surface area contributed by atoms with Crippen LogP contribution in [0.2, 0.25) is 6.27 Å². The maximum atomic E-state index is 7.62. The Labute approximate surface area is 77.9 Å². The Bertz CT molecular complexity index is 235. The summed E-state index contributed by atoms with van der Waals surface area (Å²) >= 11 is 0. The Morgan fingerprint density at radius 3 is 2.08 bits per heavy atom. The van der Waals surface area contributed by atoms with E-state index < -0.39 is 24.6 Å². The largest absolute Gasteiger partial charge is 0.461 e.